The van der Waals surface area contributed by atoms with E-state index < -0.39 is 7.59 Å². The lowest BCUT2D eigenvalue weighted by Gasteiger charge is -2.34. The average molecular weight is 546 g/mol. The molecular weight excluding hydrogens is 523 g/mol. The second-order valence-electron chi connectivity index (χ2n) is 7.83. The van der Waals surface area contributed by atoms with Crippen molar-refractivity contribution in [2.24, 2.45) is 5.92 Å². The first-order valence-electron chi connectivity index (χ1n) is 9.92. The maximum absolute atomic E-state index is 6.06. The largest absolute Gasteiger partial charge is 0.354 e. The van der Waals surface area contributed by atoms with Crippen LogP contribution in [0.1, 0.15) is 38.1 Å². The maximum Gasteiger partial charge on any atom is 0.250 e. The van der Waals surface area contributed by atoms with Crippen LogP contribution in [-0.2, 0) is 7.59 Å². The second kappa shape index (κ2) is 10.3. The summed E-state index contributed by atoms with van der Waals surface area (Å²) in [6.07, 6.45) is 2.22. The van der Waals surface area contributed by atoms with E-state index in [1.54, 1.807) is 24.3 Å². The second-order valence-corrected chi connectivity index (χ2v) is 12.4. The van der Waals surface area contributed by atoms with Crippen LogP contribution in [-0.4, -0.2) is 45.5 Å². The summed E-state index contributed by atoms with van der Waals surface area (Å²) in [5.41, 5.74) is 1.21. The van der Waals surface area contributed by atoms with Gasteiger partial charge in [-0.25, -0.2) is 4.98 Å². The minimum absolute atomic E-state index is 0.0464. The van der Waals surface area contributed by atoms with Gasteiger partial charge in [-0.2, -0.15) is 9.97 Å². The Morgan fingerprint density at radius 1 is 0.935 bits per heavy atom. The zero-order valence-electron chi connectivity index (χ0n) is 17.1. The van der Waals surface area contributed by atoms with Gasteiger partial charge in [0, 0.05) is 23.7 Å². The lowest BCUT2D eigenvalue weighted by Crippen LogP contribution is -2.40. The number of rotatable bonds is 5. The highest BCUT2D eigenvalue weighted by Crippen LogP contribution is 2.39. The lowest BCUT2D eigenvalue weighted by molar-refractivity contribution is 0.153. The predicted molar refractivity (Wildman–Crippen MR) is 132 cm³/mol. The van der Waals surface area contributed by atoms with E-state index >= 15 is 0 Å². The standard InChI is InChI=1S/C20H23Cl6N5/c1-12(2)31-9-7-13(8-10-31)11-27-18-29-16(28-17(30-18)20(24,25)26)14-3-5-15(6-4-14)19(21,22)23/h3-6,12-13H,7-11H2,1-2H3,(H,27,28,29,30). The van der Waals surface area contributed by atoms with Crippen LogP contribution < -0.4 is 5.32 Å². The van der Waals surface area contributed by atoms with Gasteiger partial charge in [0.2, 0.25) is 13.5 Å². The molecule has 1 saturated heterocycles. The number of aromatic nitrogens is 3. The Bertz CT molecular complexity index is 871. The molecule has 1 aromatic heterocycles. The normalized spacial score (nSPS) is 16.7. The van der Waals surface area contributed by atoms with Gasteiger partial charge < -0.3 is 10.2 Å². The molecule has 1 N–H and O–H groups in total. The fraction of sp³-hybridized carbons (Fsp3) is 0.550. The number of hydrogen-bond acceptors (Lipinski definition) is 5. The Kier molecular flexibility index (Phi) is 8.45. The number of nitrogens with zero attached hydrogens (tertiary/aromatic N) is 4. The fourth-order valence-corrected chi connectivity index (χ4v) is 4.06. The first kappa shape index (κ1) is 25.4. The highest BCUT2D eigenvalue weighted by atomic mass is 35.6. The number of alkyl halides is 6. The van der Waals surface area contributed by atoms with Crippen molar-refractivity contribution in [1.29, 1.82) is 0 Å². The molecule has 2 heterocycles. The van der Waals surface area contributed by atoms with Crippen LogP contribution >= 0.6 is 69.6 Å². The van der Waals surface area contributed by atoms with Crippen LogP contribution in [0, 0.1) is 5.92 Å². The predicted octanol–water partition coefficient (Wildman–Crippen LogP) is 6.72. The first-order valence-corrected chi connectivity index (χ1v) is 12.2. The van der Waals surface area contributed by atoms with Gasteiger partial charge in [-0.3, -0.25) is 0 Å². The first-order chi connectivity index (χ1) is 14.4. The SMILES string of the molecule is CC(C)N1CCC(CNc2nc(-c3ccc(C(Cl)(Cl)Cl)cc3)nc(C(Cl)(Cl)Cl)n2)CC1. The molecule has 0 aliphatic carbocycles. The molecule has 0 radical (unpaired) electrons. The van der Waals surface area contributed by atoms with Crippen LogP contribution in [0.5, 0.6) is 0 Å². The van der Waals surface area contributed by atoms with E-state index in [-0.39, 0.29) is 5.82 Å². The van der Waals surface area contributed by atoms with E-state index in [4.69, 9.17) is 69.6 Å². The van der Waals surface area contributed by atoms with Crippen molar-refractivity contribution in [2.75, 3.05) is 25.0 Å². The third kappa shape index (κ3) is 7.10. The van der Waals surface area contributed by atoms with Crippen molar-refractivity contribution in [3.8, 4) is 11.4 Å². The quantitative estimate of drug-likeness (QED) is 0.422. The molecule has 3 rings (SSSR count). The molecule has 31 heavy (non-hydrogen) atoms. The van der Waals surface area contributed by atoms with Crippen LogP contribution in [0.2, 0.25) is 0 Å². The minimum Gasteiger partial charge on any atom is -0.354 e. The number of benzene rings is 1. The number of halogens is 6. The van der Waals surface area contributed by atoms with Crippen molar-refractivity contribution in [2.45, 2.75) is 40.3 Å². The Morgan fingerprint density at radius 2 is 1.55 bits per heavy atom. The van der Waals surface area contributed by atoms with Gasteiger partial charge in [-0.15, -0.1) is 0 Å². The summed E-state index contributed by atoms with van der Waals surface area (Å²) in [6, 6.07) is 7.45. The Hall–Kier alpha value is -0.270. The molecule has 0 saturated carbocycles. The highest BCUT2D eigenvalue weighted by Gasteiger charge is 2.29. The molecule has 0 amide bonds. The molecule has 0 atom stereocenters. The monoisotopic (exact) mass is 543 g/mol. The Morgan fingerprint density at radius 3 is 2.06 bits per heavy atom. The van der Waals surface area contributed by atoms with Crippen molar-refractivity contribution < 1.29 is 0 Å². The summed E-state index contributed by atoms with van der Waals surface area (Å²) in [5, 5.41) is 3.30. The van der Waals surface area contributed by atoms with Crippen molar-refractivity contribution in [3.63, 3.8) is 0 Å². The summed E-state index contributed by atoms with van der Waals surface area (Å²) in [5.74, 6) is 1.30. The summed E-state index contributed by atoms with van der Waals surface area (Å²) in [4.78, 5) is 15.6. The molecule has 1 aliphatic heterocycles. The van der Waals surface area contributed by atoms with E-state index in [1.807, 2.05) is 0 Å². The molecule has 0 bridgehead atoms. The van der Waals surface area contributed by atoms with E-state index in [0.717, 1.165) is 32.5 Å². The van der Waals surface area contributed by atoms with Gasteiger partial charge in [0.25, 0.3) is 0 Å². The van der Waals surface area contributed by atoms with E-state index in [9.17, 15) is 0 Å². The van der Waals surface area contributed by atoms with Gasteiger partial charge in [0.05, 0.1) is 0 Å². The zero-order chi connectivity index (χ0) is 22.8. The van der Waals surface area contributed by atoms with Crippen LogP contribution in [0.15, 0.2) is 24.3 Å². The topological polar surface area (TPSA) is 53.9 Å². The third-order valence-electron chi connectivity index (χ3n) is 5.29. The molecule has 1 aromatic carbocycles. The van der Waals surface area contributed by atoms with Crippen LogP contribution in [0.4, 0.5) is 5.95 Å². The van der Waals surface area contributed by atoms with Crippen molar-refractivity contribution >= 4 is 75.6 Å². The number of anilines is 1. The molecule has 1 aliphatic rings. The molecule has 0 unspecified atom stereocenters. The number of likely N-dealkylation sites (tertiary alicyclic amines) is 1. The molecule has 2 aromatic rings. The third-order valence-corrected chi connectivity index (χ3v) is 6.45. The zero-order valence-corrected chi connectivity index (χ0v) is 21.6. The van der Waals surface area contributed by atoms with E-state index in [1.165, 1.54) is 0 Å². The fourth-order valence-electron chi connectivity index (χ4n) is 3.43. The number of nitrogens with one attached hydrogen (secondary N) is 1. The summed E-state index contributed by atoms with van der Waals surface area (Å²) < 4.78 is -3.30. The number of hydrogen-bond donors (Lipinski definition) is 1. The smallest absolute Gasteiger partial charge is 0.250 e. The van der Waals surface area contributed by atoms with Crippen molar-refractivity contribution in [3.05, 3.63) is 35.7 Å². The average Bonchev–Trinajstić information content (AvgIpc) is 2.71. The van der Waals surface area contributed by atoms with Crippen molar-refractivity contribution in [1.82, 2.24) is 19.9 Å². The lowest BCUT2D eigenvalue weighted by atomic mass is 9.96. The van der Waals surface area contributed by atoms with E-state index in [0.29, 0.717) is 34.9 Å². The summed E-state index contributed by atoms with van der Waals surface area (Å²) >= 11 is 36.0. The van der Waals surface area contributed by atoms with Gasteiger partial charge >= 0.3 is 0 Å². The summed E-state index contributed by atoms with van der Waals surface area (Å²) in [6.45, 7) is 7.36. The molecule has 5 nitrogen and oxygen atoms in total. The van der Waals surface area contributed by atoms with Gasteiger partial charge in [0.1, 0.15) is 0 Å². The van der Waals surface area contributed by atoms with E-state index in [2.05, 4.69) is 39.0 Å². The highest BCUT2D eigenvalue weighted by molar-refractivity contribution is 6.67. The van der Waals surface area contributed by atoms with Gasteiger partial charge in [-0.1, -0.05) is 93.9 Å². The molecule has 1 fully saturated rings. The van der Waals surface area contributed by atoms with Crippen LogP contribution in [0.25, 0.3) is 11.4 Å². The molecule has 170 valence electrons. The maximum atomic E-state index is 6.06. The molecular formula is C20H23Cl6N5. The Labute approximate surface area is 212 Å². The number of piperidine rings is 1. The minimum atomic E-state index is -1.78. The van der Waals surface area contributed by atoms with Gasteiger partial charge in [-0.05, 0) is 45.7 Å². The van der Waals surface area contributed by atoms with Gasteiger partial charge in [0.15, 0.2) is 11.6 Å². The Balaban J connectivity index is 1.78. The molecule has 0 spiro atoms. The molecule has 11 heteroatoms. The van der Waals surface area contributed by atoms with Crippen LogP contribution in [0.3, 0.4) is 0 Å². The summed E-state index contributed by atoms with van der Waals surface area (Å²) in [7, 11) is 0.